The molecule has 0 aliphatic heterocycles. The Labute approximate surface area is 82.5 Å². The molecule has 1 saturated carbocycles. The Kier molecular flexibility index (Phi) is 2.54. The van der Waals surface area contributed by atoms with Crippen molar-refractivity contribution in [3.05, 3.63) is 11.7 Å². The molecule has 1 aliphatic carbocycles. The number of rotatable bonds is 2. The molecule has 0 bridgehead atoms. The molecule has 1 aliphatic rings. The van der Waals surface area contributed by atoms with E-state index in [1.165, 1.54) is 25.7 Å². The largest absolute Gasteiger partial charge is 0.339 e. The Morgan fingerprint density at radius 1 is 1.46 bits per heavy atom. The molecule has 2 rings (SSSR count). The number of nitrogens with zero attached hydrogens (tertiary/aromatic N) is 2. The topological polar surface area (TPSA) is 38.9 Å². The highest BCUT2D eigenvalue weighted by atomic mass is 35.5. The predicted octanol–water partition coefficient (Wildman–Crippen LogP) is 3.03. The minimum atomic E-state index is -0.154. The summed E-state index contributed by atoms with van der Waals surface area (Å²) in [6.45, 7) is 1.85. The van der Waals surface area contributed by atoms with Gasteiger partial charge in [0.25, 0.3) is 0 Å². The smallest absolute Gasteiger partial charge is 0.229 e. The van der Waals surface area contributed by atoms with E-state index in [9.17, 15) is 0 Å². The van der Waals surface area contributed by atoms with Gasteiger partial charge in [0.15, 0.2) is 5.82 Å². The van der Waals surface area contributed by atoms with Crippen LogP contribution in [0.15, 0.2) is 4.52 Å². The zero-order valence-electron chi connectivity index (χ0n) is 7.66. The lowest BCUT2D eigenvalue weighted by molar-refractivity contribution is 0.350. The molecule has 0 aromatic carbocycles. The predicted molar refractivity (Wildman–Crippen MR) is 49.8 cm³/mol. The maximum absolute atomic E-state index is 5.84. The molecule has 1 fully saturated rings. The molecule has 1 unspecified atom stereocenters. The maximum Gasteiger partial charge on any atom is 0.229 e. The fourth-order valence-corrected chi connectivity index (χ4v) is 1.84. The van der Waals surface area contributed by atoms with Crippen molar-refractivity contribution in [2.45, 2.75) is 43.9 Å². The van der Waals surface area contributed by atoms with Crippen molar-refractivity contribution in [1.29, 1.82) is 0 Å². The standard InChI is InChI=1S/C9H13ClN2O/c1-6(10)8-11-9(13-12-8)7-4-2-3-5-7/h6-7H,2-5H2,1H3. The first-order chi connectivity index (χ1) is 6.27. The van der Waals surface area contributed by atoms with Gasteiger partial charge in [-0.25, -0.2) is 0 Å². The van der Waals surface area contributed by atoms with Crippen LogP contribution in [0.1, 0.15) is 55.6 Å². The molecule has 13 heavy (non-hydrogen) atoms. The molecule has 0 N–H and O–H groups in total. The van der Waals surface area contributed by atoms with Crippen molar-refractivity contribution < 1.29 is 4.52 Å². The molecule has 0 spiro atoms. The van der Waals surface area contributed by atoms with Crippen LogP contribution in [0.2, 0.25) is 0 Å². The molecule has 1 aromatic heterocycles. The van der Waals surface area contributed by atoms with E-state index in [0.717, 1.165) is 5.89 Å². The Hall–Kier alpha value is -0.570. The Bertz CT molecular complexity index is 279. The molecule has 3 nitrogen and oxygen atoms in total. The van der Waals surface area contributed by atoms with Crippen LogP contribution in [0, 0.1) is 0 Å². The first-order valence-electron chi connectivity index (χ1n) is 4.75. The second-order valence-electron chi connectivity index (χ2n) is 3.59. The molecular formula is C9H13ClN2O. The van der Waals surface area contributed by atoms with Crippen molar-refractivity contribution in [1.82, 2.24) is 10.1 Å². The number of halogens is 1. The van der Waals surface area contributed by atoms with Crippen molar-refractivity contribution in [2.75, 3.05) is 0 Å². The fraction of sp³-hybridized carbons (Fsp3) is 0.778. The molecule has 1 heterocycles. The van der Waals surface area contributed by atoms with Crippen molar-refractivity contribution >= 4 is 11.6 Å². The molecule has 4 heteroatoms. The summed E-state index contributed by atoms with van der Waals surface area (Å²) in [6, 6.07) is 0. The summed E-state index contributed by atoms with van der Waals surface area (Å²) in [5.41, 5.74) is 0. The third-order valence-electron chi connectivity index (χ3n) is 2.52. The highest BCUT2D eigenvalue weighted by Crippen LogP contribution is 2.33. The van der Waals surface area contributed by atoms with E-state index >= 15 is 0 Å². The summed E-state index contributed by atoms with van der Waals surface area (Å²) >= 11 is 5.84. The van der Waals surface area contributed by atoms with E-state index < -0.39 is 0 Å². The lowest BCUT2D eigenvalue weighted by Gasteiger charge is -1.99. The molecule has 0 saturated heterocycles. The Balaban J connectivity index is 2.12. The van der Waals surface area contributed by atoms with E-state index in [4.69, 9.17) is 16.1 Å². The van der Waals surface area contributed by atoms with Crippen LogP contribution in [-0.2, 0) is 0 Å². The highest BCUT2D eigenvalue weighted by molar-refractivity contribution is 6.20. The van der Waals surface area contributed by atoms with E-state index in [2.05, 4.69) is 10.1 Å². The maximum atomic E-state index is 5.84. The summed E-state index contributed by atoms with van der Waals surface area (Å²) < 4.78 is 5.16. The highest BCUT2D eigenvalue weighted by Gasteiger charge is 2.23. The van der Waals surface area contributed by atoms with Gasteiger partial charge in [-0.15, -0.1) is 11.6 Å². The van der Waals surface area contributed by atoms with E-state index in [1.54, 1.807) is 0 Å². The van der Waals surface area contributed by atoms with Gasteiger partial charge < -0.3 is 4.52 Å². The average Bonchev–Trinajstić information content (AvgIpc) is 2.75. The quantitative estimate of drug-likeness (QED) is 0.689. The molecule has 0 radical (unpaired) electrons. The normalized spacial score (nSPS) is 20.8. The second-order valence-corrected chi connectivity index (χ2v) is 4.24. The molecule has 1 atom stereocenters. The van der Waals surface area contributed by atoms with Crippen LogP contribution in [0.5, 0.6) is 0 Å². The van der Waals surface area contributed by atoms with Crippen LogP contribution in [0.3, 0.4) is 0 Å². The summed E-state index contributed by atoms with van der Waals surface area (Å²) in [7, 11) is 0. The van der Waals surface area contributed by atoms with Gasteiger partial charge in [-0.3, -0.25) is 0 Å². The van der Waals surface area contributed by atoms with Gasteiger partial charge in [0, 0.05) is 5.92 Å². The van der Waals surface area contributed by atoms with Crippen LogP contribution in [0.25, 0.3) is 0 Å². The summed E-state index contributed by atoms with van der Waals surface area (Å²) in [5.74, 6) is 1.88. The minimum absolute atomic E-state index is 0.154. The SMILES string of the molecule is CC(Cl)c1noc(C2CCCC2)n1. The number of hydrogen-bond donors (Lipinski definition) is 0. The third-order valence-corrected chi connectivity index (χ3v) is 2.71. The fourth-order valence-electron chi connectivity index (χ4n) is 1.75. The number of hydrogen-bond acceptors (Lipinski definition) is 3. The molecule has 0 amide bonds. The van der Waals surface area contributed by atoms with Gasteiger partial charge >= 0.3 is 0 Å². The second kappa shape index (κ2) is 3.66. The van der Waals surface area contributed by atoms with Crippen molar-refractivity contribution in [3.63, 3.8) is 0 Å². The third kappa shape index (κ3) is 1.85. The van der Waals surface area contributed by atoms with Crippen LogP contribution in [0.4, 0.5) is 0 Å². The number of aromatic nitrogens is 2. The van der Waals surface area contributed by atoms with Gasteiger partial charge in [-0.2, -0.15) is 4.98 Å². The Morgan fingerprint density at radius 2 is 2.15 bits per heavy atom. The zero-order valence-corrected chi connectivity index (χ0v) is 8.42. The van der Waals surface area contributed by atoms with Crippen molar-refractivity contribution in [2.24, 2.45) is 0 Å². The lowest BCUT2D eigenvalue weighted by atomic mass is 10.1. The zero-order chi connectivity index (χ0) is 9.26. The first-order valence-corrected chi connectivity index (χ1v) is 5.18. The lowest BCUT2D eigenvalue weighted by Crippen LogP contribution is -1.93. The Morgan fingerprint density at radius 3 is 2.69 bits per heavy atom. The summed E-state index contributed by atoms with van der Waals surface area (Å²) in [4.78, 5) is 4.28. The summed E-state index contributed by atoms with van der Waals surface area (Å²) in [5, 5.41) is 3.69. The van der Waals surface area contributed by atoms with Crippen LogP contribution < -0.4 is 0 Å². The van der Waals surface area contributed by atoms with E-state index in [-0.39, 0.29) is 5.38 Å². The monoisotopic (exact) mass is 200 g/mol. The van der Waals surface area contributed by atoms with Crippen molar-refractivity contribution in [3.8, 4) is 0 Å². The molecule has 1 aromatic rings. The number of alkyl halides is 1. The van der Waals surface area contributed by atoms with Gasteiger partial charge in [-0.1, -0.05) is 18.0 Å². The van der Waals surface area contributed by atoms with E-state index in [0.29, 0.717) is 11.7 Å². The summed E-state index contributed by atoms with van der Waals surface area (Å²) in [6.07, 6.45) is 4.91. The van der Waals surface area contributed by atoms with Crippen LogP contribution in [-0.4, -0.2) is 10.1 Å². The van der Waals surface area contributed by atoms with Crippen LogP contribution >= 0.6 is 11.6 Å². The van der Waals surface area contributed by atoms with E-state index in [1.807, 2.05) is 6.92 Å². The van der Waals surface area contributed by atoms with Gasteiger partial charge in [0.05, 0.1) is 5.38 Å². The van der Waals surface area contributed by atoms with Gasteiger partial charge in [0.1, 0.15) is 0 Å². The average molecular weight is 201 g/mol. The minimum Gasteiger partial charge on any atom is -0.339 e. The molecule has 72 valence electrons. The molecular weight excluding hydrogens is 188 g/mol. The first kappa shape index (κ1) is 9.00. The van der Waals surface area contributed by atoms with Gasteiger partial charge in [-0.05, 0) is 19.8 Å². The van der Waals surface area contributed by atoms with Gasteiger partial charge in [0.2, 0.25) is 5.89 Å².